The van der Waals surface area contributed by atoms with Gasteiger partial charge in [0.15, 0.2) is 0 Å². The van der Waals surface area contributed by atoms with Gasteiger partial charge >= 0.3 is 5.97 Å². The van der Waals surface area contributed by atoms with Crippen molar-refractivity contribution < 1.29 is 9.53 Å². The van der Waals surface area contributed by atoms with Gasteiger partial charge in [-0.2, -0.15) is 0 Å². The van der Waals surface area contributed by atoms with Crippen molar-refractivity contribution >= 4 is 11.5 Å². The highest BCUT2D eigenvalue weighted by Crippen LogP contribution is 2.41. The largest absolute Gasteiger partial charge is 0.423 e. The zero-order chi connectivity index (χ0) is 18.1. The van der Waals surface area contributed by atoms with E-state index >= 15 is 0 Å². The Balaban J connectivity index is 1.95. The van der Waals surface area contributed by atoms with Crippen molar-refractivity contribution in [1.82, 2.24) is 0 Å². The fourth-order valence-corrected chi connectivity index (χ4v) is 3.57. The normalized spacial score (nSPS) is 16.4. The summed E-state index contributed by atoms with van der Waals surface area (Å²) in [4.78, 5) is 12.5. The molecule has 2 nitrogen and oxygen atoms in total. The first kappa shape index (κ1) is 17.5. The van der Waals surface area contributed by atoms with E-state index in [1.165, 1.54) is 16.7 Å². The van der Waals surface area contributed by atoms with Crippen LogP contribution in [0.15, 0.2) is 42.5 Å². The molecule has 0 aromatic heterocycles. The van der Waals surface area contributed by atoms with E-state index < -0.39 is 0 Å². The molecule has 2 aromatic carbocycles. The van der Waals surface area contributed by atoms with Crippen LogP contribution in [0, 0.1) is 19.8 Å². The molecule has 1 atom stereocenters. The maximum atomic E-state index is 12.5. The summed E-state index contributed by atoms with van der Waals surface area (Å²) in [6.07, 6.45) is 3.38. The summed E-state index contributed by atoms with van der Waals surface area (Å²) in [6, 6.07) is 11.8. The summed E-state index contributed by atoms with van der Waals surface area (Å²) in [6.45, 7) is 10.7. The van der Waals surface area contributed by atoms with Gasteiger partial charge in [0.2, 0.25) is 0 Å². The third-order valence-electron chi connectivity index (χ3n) is 5.11. The number of hydrogen-bond acceptors (Lipinski definition) is 2. The molecule has 25 heavy (non-hydrogen) atoms. The highest BCUT2D eigenvalue weighted by molar-refractivity contribution is 5.91. The summed E-state index contributed by atoms with van der Waals surface area (Å²) >= 11 is 0. The van der Waals surface area contributed by atoms with Crippen molar-refractivity contribution in [2.24, 2.45) is 5.92 Å². The van der Waals surface area contributed by atoms with Crippen molar-refractivity contribution in [3.05, 3.63) is 70.3 Å². The average molecular weight is 334 g/mol. The van der Waals surface area contributed by atoms with Crippen LogP contribution in [0.2, 0.25) is 0 Å². The highest BCUT2D eigenvalue weighted by Gasteiger charge is 2.24. The number of aryl methyl sites for hydroxylation is 2. The van der Waals surface area contributed by atoms with Crippen LogP contribution in [0.25, 0.3) is 5.57 Å². The minimum Gasteiger partial charge on any atom is -0.423 e. The van der Waals surface area contributed by atoms with Gasteiger partial charge in [-0.15, -0.1) is 0 Å². The van der Waals surface area contributed by atoms with Crippen molar-refractivity contribution in [2.45, 2.75) is 47.0 Å². The number of carbonyl (C=O) groups is 1. The zero-order valence-electron chi connectivity index (χ0n) is 15.7. The number of fused-ring (bicyclic) bond motifs is 1. The second kappa shape index (κ2) is 6.87. The van der Waals surface area contributed by atoms with Gasteiger partial charge in [-0.05, 0) is 79.5 Å². The molecule has 130 valence electrons. The Morgan fingerprint density at radius 1 is 1.12 bits per heavy atom. The molecule has 0 spiro atoms. The maximum Gasteiger partial charge on any atom is 0.343 e. The molecule has 0 fully saturated rings. The SMILES string of the molecule is CC1=CC[C@H](C(C)C)c2cc(C)c(OC(=O)c3cccc(C)c3)cc21. The second-order valence-corrected chi connectivity index (χ2v) is 7.44. The van der Waals surface area contributed by atoms with Crippen molar-refractivity contribution in [1.29, 1.82) is 0 Å². The summed E-state index contributed by atoms with van der Waals surface area (Å²) in [5.74, 6) is 1.47. The maximum absolute atomic E-state index is 12.5. The predicted molar refractivity (Wildman–Crippen MR) is 103 cm³/mol. The van der Waals surface area contributed by atoms with E-state index in [9.17, 15) is 4.79 Å². The molecule has 0 saturated carbocycles. The van der Waals surface area contributed by atoms with Crippen LogP contribution in [-0.4, -0.2) is 5.97 Å². The number of esters is 1. The Morgan fingerprint density at radius 3 is 2.56 bits per heavy atom. The monoisotopic (exact) mass is 334 g/mol. The highest BCUT2D eigenvalue weighted by atomic mass is 16.5. The Morgan fingerprint density at radius 2 is 1.88 bits per heavy atom. The Hall–Kier alpha value is -2.35. The molecule has 1 aliphatic carbocycles. The Kier molecular flexibility index (Phi) is 4.80. The minimum atomic E-state index is -0.301. The standard InChI is InChI=1S/C23H26O2/c1-14(2)19-10-9-16(4)20-13-22(17(5)12-21(19)20)25-23(24)18-8-6-7-15(3)11-18/h6-9,11-14,19H,10H2,1-5H3/t19-/m1/s1. The topological polar surface area (TPSA) is 26.3 Å². The third-order valence-corrected chi connectivity index (χ3v) is 5.11. The molecular weight excluding hydrogens is 308 g/mol. The molecule has 0 amide bonds. The van der Waals surface area contributed by atoms with Crippen LogP contribution < -0.4 is 4.74 Å². The average Bonchev–Trinajstić information content (AvgIpc) is 2.56. The lowest BCUT2D eigenvalue weighted by Gasteiger charge is -2.28. The van der Waals surface area contributed by atoms with Gasteiger partial charge < -0.3 is 4.74 Å². The van der Waals surface area contributed by atoms with Gasteiger partial charge in [0.05, 0.1) is 5.56 Å². The molecule has 0 N–H and O–H groups in total. The van der Waals surface area contributed by atoms with Crippen LogP contribution in [0.4, 0.5) is 0 Å². The molecule has 1 aliphatic rings. The van der Waals surface area contributed by atoms with E-state index in [2.05, 4.69) is 32.9 Å². The first-order valence-electron chi connectivity index (χ1n) is 8.97. The molecule has 0 heterocycles. The van der Waals surface area contributed by atoms with E-state index in [0.717, 1.165) is 17.5 Å². The number of hydrogen-bond donors (Lipinski definition) is 0. The smallest absolute Gasteiger partial charge is 0.343 e. The van der Waals surface area contributed by atoms with Crippen LogP contribution in [0.3, 0.4) is 0 Å². The molecule has 0 unspecified atom stereocenters. The summed E-state index contributed by atoms with van der Waals surface area (Å²) in [5, 5.41) is 0. The van der Waals surface area contributed by atoms with Crippen molar-refractivity contribution in [2.75, 3.05) is 0 Å². The molecule has 0 bridgehead atoms. The summed E-state index contributed by atoms with van der Waals surface area (Å²) < 4.78 is 5.73. The molecule has 2 aromatic rings. The van der Waals surface area contributed by atoms with E-state index in [0.29, 0.717) is 23.1 Å². The minimum absolute atomic E-state index is 0.301. The van der Waals surface area contributed by atoms with Gasteiger partial charge in [0.25, 0.3) is 0 Å². The first-order chi connectivity index (χ1) is 11.9. The number of benzene rings is 2. The summed E-state index contributed by atoms with van der Waals surface area (Å²) in [5.41, 5.74) is 6.50. The molecule has 0 radical (unpaired) electrons. The van der Waals surface area contributed by atoms with E-state index in [1.807, 2.05) is 38.1 Å². The van der Waals surface area contributed by atoms with Crippen LogP contribution in [0.1, 0.15) is 65.7 Å². The lowest BCUT2D eigenvalue weighted by Crippen LogP contribution is -2.14. The van der Waals surface area contributed by atoms with Crippen LogP contribution in [0.5, 0.6) is 5.75 Å². The van der Waals surface area contributed by atoms with Crippen LogP contribution in [-0.2, 0) is 0 Å². The van der Waals surface area contributed by atoms with Gasteiger partial charge in [0, 0.05) is 0 Å². The number of rotatable bonds is 3. The number of carbonyl (C=O) groups excluding carboxylic acids is 1. The first-order valence-corrected chi connectivity index (χ1v) is 8.97. The Labute approximate surface area is 150 Å². The van der Waals surface area contributed by atoms with E-state index in [-0.39, 0.29) is 5.97 Å². The van der Waals surface area contributed by atoms with Crippen LogP contribution >= 0.6 is 0 Å². The van der Waals surface area contributed by atoms with Gasteiger partial charge in [0.1, 0.15) is 5.75 Å². The molecule has 0 aliphatic heterocycles. The summed E-state index contributed by atoms with van der Waals surface area (Å²) in [7, 11) is 0. The lowest BCUT2D eigenvalue weighted by molar-refractivity contribution is 0.0733. The fraction of sp³-hybridized carbons (Fsp3) is 0.348. The Bertz CT molecular complexity index is 843. The predicted octanol–water partition coefficient (Wildman–Crippen LogP) is 6.07. The van der Waals surface area contributed by atoms with Gasteiger partial charge in [-0.3, -0.25) is 0 Å². The van der Waals surface area contributed by atoms with E-state index in [1.54, 1.807) is 6.07 Å². The molecule has 3 rings (SSSR count). The molecule has 0 saturated heterocycles. The second-order valence-electron chi connectivity index (χ2n) is 7.44. The third kappa shape index (κ3) is 3.53. The van der Waals surface area contributed by atoms with Crippen molar-refractivity contribution in [3.63, 3.8) is 0 Å². The lowest BCUT2D eigenvalue weighted by atomic mass is 9.77. The zero-order valence-corrected chi connectivity index (χ0v) is 15.7. The number of allylic oxidation sites excluding steroid dienone is 2. The molecular formula is C23H26O2. The fourth-order valence-electron chi connectivity index (χ4n) is 3.57. The number of ether oxygens (including phenoxy) is 1. The van der Waals surface area contributed by atoms with Crippen molar-refractivity contribution in [3.8, 4) is 5.75 Å². The van der Waals surface area contributed by atoms with Gasteiger partial charge in [-0.25, -0.2) is 4.79 Å². The quantitative estimate of drug-likeness (QED) is 0.503. The molecule has 2 heteroatoms. The van der Waals surface area contributed by atoms with E-state index in [4.69, 9.17) is 4.74 Å². The van der Waals surface area contributed by atoms with Gasteiger partial charge in [-0.1, -0.05) is 43.7 Å².